The third-order valence-corrected chi connectivity index (χ3v) is 11.5. The predicted molar refractivity (Wildman–Crippen MR) is 214 cm³/mol. The molecule has 1 saturated heterocycles. The third-order valence-electron chi connectivity index (χ3n) is 8.80. The van der Waals surface area contributed by atoms with E-state index in [1.807, 2.05) is 0 Å². The van der Waals surface area contributed by atoms with E-state index in [9.17, 15) is 57.9 Å². The molecule has 0 saturated carbocycles. The van der Waals surface area contributed by atoms with Gasteiger partial charge in [-0.1, -0.05) is 90.1 Å². The molecule has 32 heteroatoms. The monoisotopic (exact) mass is 985 g/mol. The minimum absolute atomic E-state index is 0.0255. The Kier molecular flexibility index (Phi) is 22.5. The summed E-state index contributed by atoms with van der Waals surface area (Å²) in [5.41, 5.74) is 4.36. The highest BCUT2D eigenvalue weighted by molar-refractivity contribution is 8.13. The molecule has 0 radical (unpaired) electrons. The molecular weight excluding hydrogens is 931 g/mol. The van der Waals surface area contributed by atoms with E-state index in [4.69, 9.17) is 10.5 Å². The first-order valence-corrected chi connectivity index (χ1v) is 24.8. The average Bonchev–Trinajstić information content (AvgIpc) is 3.76. The molecule has 1 fully saturated rings. The number of anilines is 1. The summed E-state index contributed by atoms with van der Waals surface area (Å²) in [5, 5.41) is 34.3. The number of nitrogens with two attached hydrogens (primary N) is 1. The van der Waals surface area contributed by atoms with Gasteiger partial charge >= 0.3 is 23.5 Å². The van der Waals surface area contributed by atoms with E-state index in [-0.39, 0.29) is 41.6 Å². The second kappa shape index (κ2) is 25.9. The molecule has 2 aromatic rings. The first kappa shape index (κ1) is 54.7. The number of amides is 2. The number of carbonyl (C=O) groups is 3. The van der Waals surface area contributed by atoms with E-state index in [1.54, 1.807) is 0 Å². The van der Waals surface area contributed by atoms with Crippen LogP contribution in [-0.4, -0.2) is 123 Å². The van der Waals surface area contributed by atoms with Crippen molar-refractivity contribution in [2.75, 3.05) is 37.8 Å². The van der Waals surface area contributed by atoms with Crippen molar-refractivity contribution < 1.29 is 101 Å². The largest absolute Gasteiger partial charge is 0.531 e. The van der Waals surface area contributed by atoms with Crippen LogP contribution in [0.3, 0.4) is 0 Å². The minimum atomic E-state index is -5.51. The number of unbranched alkanes of at least 4 members (excludes halogenated alkanes) is 6. The summed E-state index contributed by atoms with van der Waals surface area (Å²) in [4.78, 5) is 91.3. The Bertz CT molecular complexity index is 1930. The maximum absolute atomic E-state index is 12.5. The van der Waals surface area contributed by atoms with Crippen molar-refractivity contribution in [3.8, 4) is 0 Å². The van der Waals surface area contributed by atoms with Gasteiger partial charge in [-0.05, 0) is 11.5 Å². The molecule has 0 spiro atoms. The molecule has 2 amide bonds. The quantitative estimate of drug-likeness (QED) is 0.0224. The van der Waals surface area contributed by atoms with Crippen LogP contribution in [-0.2, 0) is 70.9 Å². The summed E-state index contributed by atoms with van der Waals surface area (Å²) in [7, 11) is -16.1. The third kappa shape index (κ3) is 19.4. The van der Waals surface area contributed by atoms with E-state index in [2.05, 4.69) is 70.5 Å². The predicted octanol–water partition coefficient (Wildman–Crippen LogP) is 1.53. The lowest BCUT2D eigenvalue weighted by atomic mass is 9.87. The number of hydrogen-bond acceptors (Lipinski definition) is 22. The minimum Gasteiger partial charge on any atom is -0.386 e. The van der Waals surface area contributed by atoms with Gasteiger partial charge in [0.25, 0.3) is 0 Å². The second-order valence-electron chi connectivity index (χ2n) is 14.4. The van der Waals surface area contributed by atoms with Crippen molar-refractivity contribution in [1.82, 2.24) is 30.2 Å². The summed E-state index contributed by atoms with van der Waals surface area (Å²) in [6.45, 7) is 3.01. The van der Waals surface area contributed by atoms with Gasteiger partial charge in [-0.15, -0.1) is 0 Å². The number of aliphatic hydroxyl groups excluding tert-OH is 2. The summed E-state index contributed by atoms with van der Waals surface area (Å²) in [6, 6.07) is 0. The SMILES string of the molecule is CCCCCCCCCC(=O)SCCNC(=O)CCNC(=O)[C@H](O)C(C)(C)COP(=O)(O)OOOP(=O)(O)OOOC[C@H]1O[C@@H](n2cnc3c(N)ncnc32)[C@H](O)[C@@H]1OP(=O)(O)O. The van der Waals surface area contributed by atoms with E-state index < -0.39 is 84.6 Å². The number of thioether (sulfide) groups is 1. The number of phosphoric acid groups is 3. The Balaban J connectivity index is 1.32. The summed E-state index contributed by atoms with van der Waals surface area (Å²) < 4.78 is 63.8. The van der Waals surface area contributed by atoms with Crippen LogP contribution in [0.4, 0.5) is 5.82 Å². The van der Waals surface area contributed by atoms with E-state index in [0.717, 1.165) is 48.2 Å². The lowest BCUT2D eigenvalue weighted by Crippen LogP contribution is -2.46. The Labute approximate surface area is 364 Å². The molecule has 3 rings (SSSR count). The normalized spacial score (nSPS) is 20.6. The zero-order chi connectivity index (χ0) is 46.8. The highest BCUT2D eigenvalue weighted by atomic mass is 32.2. The molecule has 28 nitrogen and oxygen atoms in total. The van der Waals surface area contributed by atoms with Crippen molar-refractivity contribution in [1.29, 1.82) is 0 Å². The molecule has 63 heavy (non-hydrogen) atoms. The molecule has 10 N–H and O–H groups in total. The molecule has 0 aliphatic carbocycles. The van der Waals surface area contributed by atoms with Gasteiger partial charge in [0.2, 0.25) is 11.8 Å². The number of fused-ring (bicyclic) bond motifs is 1. The van der Waals surface area contributed by atoms with Crippen LogP contribution in [0, 0.1) is 5.41 Å². The Morgan fingerprint density at radius 2 is 1.60 bits per heavy atom. The molecule has 0 aromatic carbocycles. The molecule has 2 unspecified atom stereocenters. The van der Waals surface area contributed by atoms with Crippen LogP contribution in [0.25, 0.3) is 11.2 Å². The van der Waals surface area contributed by atoms with E-state index in [1.165, 1.54) is 39.5 Å². The Morgan fingerprint density at radius 3 is 2.30 bits per heavy atom. The van der Waals surface area contributed by atoms with Gasteiger partial charge in [0.15, 0.2) is 22.8 Å². The van der Waals surface area contributed by atoms with Gasteiger partial charge < -0.3 is 46.0 Å². The first-order chi connectivity index (χ1) is 29.6. The lowest BCUT2D eigenvalue weighted by Gasteiger charge is -2.29. The van der Waals surface area contributed by atoms with Crippen molar-refractivity contribution in [3.63, 3.8) is 0 Å². The van der Waals surface area contributed by atoms with Gasteiger partial charge in [0.05, 0.1) is 12.9 Å². The first-order valence-electron chi connectivity index (χ1n) is 19.3. The van der Waals surface area contributed by atoms with Gasteiger partial charge in [0, 0.05) is 37.1 Å². The number of imidazole rings is 1. The Hall–Kier alpha value is -2.60. The second-order valence-corrected chi connectivity index (χ2v) is 19.4. The zero-order valence-electron chi connectivity index (χ0n) is 34.4. The van der Waals surface area contributed by atoms with Gasteiger partial charge in [-0.25, -0.2) is 33.5 Å². The number of hydrogen-bond donors (Lipinski definition) is 9. The van der Waals surface area contributed by atoms with Crippen molar-refractivity contribution in [2.45, 2.75) is 109 Å². The summed E-state index contributed by atoms with van der Waals surface area (Å²) >= 11 is 1.14. The van der Waals surface area contributed by atoms with Crippen LogP contribution in [0.15, 0.2) is 12.7 Å². The molecular formula is C31H54N7O21P3S. The zero-order valence-corrected chi connectivity index (χ0v) is 37.9. The number of aliphatic hydroxyl groups is 2. The highest BCUT2D eigenvalue weighted by Crippen LogP contribution is 2.50. The number of rotatable bonds is 31. The average molecular weight is 986 g/mol. The molecule has 3 heterocycles. The highest BCUT2D eigenvalue weighted by Gasteiger charge is 2.49. The smallest absolute Gasteiger partial charge is 0.386 e. The van der Waals surface area contributed by atoms with Crippen LogP contribution in [0.2, 0.25) is 0 Å². The molecule has 0 bridgehead atoms. The number of carbonyl (C=O) groups excluding carboxylic acids is 3. The van der Waals surface area contributed by atoms with Crippen molar-refractivity contribution in [2.24, 2.45) is 5.41 Å². The molecule has 1 aliphatic rings. The number of ether oxygens (including phenoxy) is 1. The van der Waals surface area contributed by atoms with Crippen molar-refractivity contribution >= 4 is 69.1 Å². The topological polar surface area (TPSA) is 401 Å². The fraction of sp³-hybridized carbons (Fsp3) is 0.742. The lowest BCUT2D eigenvalue weighted by molar-refractivity contribution is -0.494. The van der Waals surface area contributed by atoms with Crippen LogP contribution >= 0.6 is 35.2 Å². The number of nitrogens with zero attached hydrogens (tertiary/aromatic N) is 4. The summed E-state index contributed by atoms with van der Waals surface area (Å²) in [5.74, 6) is -0.999. The van der Waals surface area contributed by atoms with E-state index >= 15 is 0 Å². The van der Waals surface area contributed by atoms with Gasteiger partial charge in [0.1, 0.15) is 42.9 Å². The maximum atomic E-state index is 12.5. The number of nitrogen functional groups attached to an aromatic ring is 1. The Morgan fingerprint density at radius 1 is 0.937 bits per heavy atom. The van der Waals surface area contributed by atoms with Gasteiger partial charge in [-0.3, -0.25) is 32.9 Å². The molecule has 1 aliphatic heterocycles. The molecule has 360 valence electrons. The van der Waals surface area contributed by atoms with E-state index in [0.29, 0.717) is 12.2 Å². The maximum Gasteiger partial charge on any atom is 0.531 e. The van der Waals surface area contributed by atoms with Gasteiger partial charge in [-0.2, -0.15) is 0 Å². The van der Waals surface area contributed by atoms with Crippen LogP contribution in [0.5, 0.6) is 0 Å². The number of phosphoric ester groups is 2. The van der Waals surface area contributed by atoms with Crippen LogP contribution < -0.4 is 16.4 Å². The number of nitrogens with one attached hydrogen (secondary N) is 2. The fourth-order valence-electron chi connectivity index (χ4n) is 5.53. The van der Waals surface area contributed by atoms with Crippen LogP contribution in [0.1, 0.15) is 84.8 Å². The fourth-order valence-corrected chi connectivity index (χ4v) is 7.77. The summed E-state index contributed by atoms with van der Waals surface area (Å²) in [6.07, 6.45) is 1.79. The van der Waals surface area contributed by atoms with Crippen molar-refractivity contribution in [3.05, 3.63) is 12.7 Å². The molecule has 7 atom stereocenters. The number of aromatic nitrogens is 4. The standard InChI is InChI=1S/C31H54N7O21P3S/c1-4-5-6-7-8-9-10-11-22(40)63-15-14-33-21(39)12-13-34-29(43)26(42)31(2,3)17-52-61(47,48)58-56-59-62(49,50)57-55-51-16-20-25(54-60(44,45)46)24(41)30(53-20)38-19-37-23-27(32)35-18-36-28(23)38/h18-20,24-26,30,41-42H,4-17H2,1-3H3,(H,33,39)(H,34,43)(H,47,48)(H,49,50)(H2,32,35,36)(H2,44,45,46)/t20-,24-,25-,26+,30-/m1/s1. The molecule has 2 aromatic heterocycles.